The van der Waals surface area contributed by atoms with Gasteiger partial charge < -0.3 is 9.84 Å². The van der Waals surface area contributed by atoms with E-state index in [1.807, 2.05) is 12.1 Å². The summed E-state index contributed by atoms with van der Waals surface area (Å²) in [5, 5.41) is 9.45. The standard InChI is InChI=1S/C17H25NO4S/c1-22-17-10-16(12-19)18(11-17)23(20,21)7-6-13-8-14-4-2-3-5-15(14)9-13/h2-5,13,16-17,19H,6-12H2,1H3/t16-,17+/m0/s1. The Kier molecular flexibility index (Phi) is 5.06. The number of sulfonamides is 1. The number of rotatable bonds is 6. The molecule has 1 fully saturated rings. The van der Waals surface area contributed by atoms with Gasteiger partial charge in [0.05, 0.1) is 24.5 Å². The summed E-state index contributed by atoms with van der Waals surface area (Å²) in [6.45, 7) is 0.211. The van der Waals surface area contributed by atoms with Crippen LogP contribution < -0.4 is 0 Å². The molecule has 6 heteroatoms. The van der Waals surface area contributed by atoms with Gasteiger partial charge in [-0.2, -0.15) is 4.31 Å². The minimum atomic E-state index is -3.35. The second-order valence-corrected chi connectivity index (χ2v) is 8.69. The van der Waals surface area contributed by atoms with E-state index in [0.717, 1.165) is 12.8 Å². The zero-order chi connectivity index (χ0) is 16.4. The van der Waals surface area contributed by atoms with Crippen LogP contribution in [0.25, 0.3) is 0 Å². The fourth-order valence-corrected chi connectivity index (χ4v) is 5.68. The normalized spacial score (nSPS) is 25.8. The maximum absolute atomic E-state index is 12.7. The Morgan fingerprint density at radius 2 is 1.91 bits per heavy atom. The highest BCUT2D eigenvalue weighted by Crippen LogP contribution is 2.30. The van der Waals surface area contributed by atoms with Gasteiger partial charge in [0.25, 0.3) is 0 Å². The number of ether oxygens (including phenoxy) is 1. The first-order valence-electron chi connectivity index (χ1n) is 8.23. The molecule has 5 nitrogen and oxygen atoms in total. The number of methoxy groups -OCH3 is 1. The van der Waals surface area contributed by atoms with Crippen molar-refractivity contribution in [2.75, 3.05) is 26.0 Å². The molecule has 0 bridgehead atoms. The van der Waals surface area contributed by atoms with Gasteiger partial charge in [0, 0.05) is 13.7 Å². The molecule has 1 N–H and O–H groups in total. The lowest BCUT2D eigenvalue weighted by atomic mass is 10.0. The van der Waals surface area contributed by atoms with Crippen molar-refractivity contribution < 1.29 is 18.3 Å². The Labute approximate surface area is 138 Å². The van der Waals surface area contributed by atoms with Gasteiger partial charge in [-0.05, 0) is 42.7 Å². The Bertz CT molecular complexity index is 621. The van der Waals surface area contributed by atoms with Gasteiger partial charge in [0.1, 0.15) is 0 Å². The van der Waals surface area contributed by atoms with Crippen molar-refractivity contribution in [2.45, 2.75) is 37.8 Å². The van der Waals surface area contributed by atoms with Gasteiger partial charge in [-0.15, -0.1) is 0 Å². The lowest BCUT2D eigenvalue weighted by Crippen LogP contribution is -2.39. The van der Waals surface area contributed by atoms with Crippen LogP contribution in [0.15, 0.2) is 24.3 Å². The SMILES string of the molecule is CO[C@@H]1C[C@@H](CO)N(S(=O)(=O)CCC2Cc3ccccc3C2)C1. The predicted molar refractivity (Wildman–Crippen MR) is 88.7 cm³/mol. The second-order valence-electron chi connectivity index (χ2n) is 6.65. The molecule has 0 spiro atoms. The van der Waals surface area contributed by atoms with E-state index in [1.54, 1.807) is 7.11 Å². The fraction of sp³-hybridized carbons (Fsp3) is 0.647. The highest BCUT2D eigenvalue weighted by molar-refractivity contribution is 7.89. The Balaban J connectivity index is 1.59. The molecular weight excluding hydrogens is 314 g/mol. The lowest BCUT2D eigenvalue weighted by molar-refractivity contribution is 0.113. The van der Waals surface area contributed by atoms with Crippen LogP contribution in [0.4, 0.5) is 0 Å². The molecular formula is C17H25NO4S. The molecule has 0 radical (unpaired) electrons. The predicted octanol–water partition coefficient (Wildman–Crippen LogP) is 1.20. The van der Waals surface area contributed by atoms with Crippen molar-refractivity contribution in [1.29, 1.82) is 0 Å². The average molecular weight is 339 g/mol. The number of hydrogen-bond acceptors (Lipinski definition) is 4. The lowest BCUT2D eigenvalue weighted by Gasteiger charge is -2.23. The summed E-state index contributed by atoms with van der Waals surface area (Å²) in [6, 6.07) is 8.01. The van der Waals surface area contributed by atoms with Crippen LogP contribution in [0, 0.1) is 5.92 Å². The zero-order valence-corrected chi connectivity index (χ0v) is 14.3. The summed E-state index contributed by atoms with van der Waals surface area (Å²) in [4.78, 5) is 0. The number of fused-ring (bicyclic) bond motifs is 1. The first kappa shape index (κ1) is 16.9. The quantitative estimate of drug-likeness (QED) is 0.846. The van der Waals surface area contributed by atoms with Gasteiger partial charge >= 0.3 is 0 Å². The van der Waals surface area contributed by atoms with Crippen LogP contribution >= 0.6 is 0 Å². The zero-order valence-electron chi connectivity index (χ0n) is 13.5. The third-order valence-corrected chi connectivity index (χ3v) is 7.06. The van der Waals surface area contributed by atoms with E-state index in [9.17, 15) is 13.5 Å². The van der Waals surface area contributed by atoms with Gasteiger partial charge in [-0.3, -0.25) is 0 Å². The number of aliphatic hydroxyl groups is 1. The van der Waals surface area contributed by atoms with Crippen LogP contribution in [-0.2, 0) is 27.6 Å². The number of hydrogen-bond donors (Lipinski definition) is 1. The van der Waals surface area contributed by atoms with Crippen LogP contribution in [0.2, 0.25) is 0 Å². The van der Waals surface area contributed by atoms with Gasteiger partial charge in [0.2, 0.25) is 10.0 Å². The molecule has 1 aliphatic heterocycles. The Morgan fingerprint density at radius 1 is 1.26 bits per heavy atom. The van der Waals surface area contributed by atoms with Crippen molar-refractivity contribution in [3.05, 3.63) is 35.4 Å². The van der Waals surface area contributed by atoms with Crippen LogP contribution in [0.5, 0.6) is 0 Å². The second kappa shape index (κ2) is 6.89. The molecule has 128 valence electrons. The van der Waals surface area contributed by atoms with E-state index < -0.39 is 10.0 Å². The van der Waals surface area contributed by atoms with Crippen LogP contribution in [0.3, 0.4) is 0 Å². The van der Waals surface area contributed by atoms with Gasteiger partial charge in [-0.25, -0.2) is 8.42 Å². The van der Waals surface area contributed by atoms with Gasteiger partial charge in [0.15, 0.2) is 0 Å². The average Bonchev–Trinajstić information content (AvgIpc) is 3.16. The summed E-state index contributed by atoms with van der Waals surface area (Å²) in [5.41, 5.74) is 2.70. The minimum absolute atomic E-state index is 0.113. The molecule has 0 unspecified atom stereocenters. The molecule has 3 rings (SSSR count). The first-order valence-corrected chi connectivity index (χ1v) is 9.84. The number of benzene rings is 1. The third-order valence-electron chi connectivity index (χ3n) is 5.15. The van der Waals surface area contributed by atoms with Crippen molar-refractivity contribution in [2.24, 2.45) is 5.92 Å². The summed E-state index contributed by atoms with van der Waals surface area (Å²) in [5.74, 6) is 0.550. The van der Waals surface area contributed by atoms with E-state index >= 15 is 0 Å². The van der Waals surface area contributed by atoms with Crippen LogP contribution in [0.1, 0.15) is 24.0 Å². The van der Waals surface area contributed by atoms with Crippen molar-refractivity contribution in [3.8, 4) is 0 Å². The van der Waals surface area contributed by atoms with Crippen LogP contribution in [-0.4, -0.2) is 56.0 Å². The summed E-state index contributed by atoms with van der Waals surface area (Å²) >= 11 is 0. The molecule has 1 aromatic carbocycles. The number of nitrogens with zero attached hydrogens (tertiary/aromatic N) is 1. The Morgan fingerprint density at radius 3 is 2.48 bits per heavy atom. The Hall–Kier alpha value is -0.950. The molecule has 0 amide bonds. The van der Waals surface area contributed by atoms with Crippen molar-refractivity contribution in [1.82, 2.24) is 4.31 Å². The van der Waals surface area contributed by atoms with Gasteiger partial charge in [-0.1, -0.05) is 24.3 Å². The maximum Gasteiger partial charge on any atom is 0.214 e. The van der Waals surface area contributed by atoms with E-state index in [-0.39, 0.29) is 24.5 Å². The topological polar surface area (TPSA) is 66.8 Å². The molecule has 2 atom stereocenters. The first-order chi connectivity index (χ1) is 11.0. The fourth-order valence-electron chi connectivity index (χ4n) is 3.81. The summed E-state index contributed by atoms with van der Waals surface area (Å²) in [7, 11) is -1.76. The number of aliphatic hydroxyl groups excluding tert-OH is 1. The van der Waals surface area contributed by atoms with Crippen molar-refractivity contribution >= 4 is 10.0 Å². The molecule has 1 heterocycles. The highest BCUT2D eigenvalue weighted by atomic mass is 32.2. The molecule has 23 heavy (non-hydrogen) atoms. The van der Waals surface area contributed by atoms with E-state index in [1.165, 1.54) is 15.4 Å². The molecule has 0 saturated carbocycles. The molecule has 0 aromatic heterocycles. The maximum atomic E-state index is 12.7. The van der Waals surface area contributed by atoms with E-state index in [2.05, 4.69) is 12.1 Å². The molecule has 1 aromatic rings. The summed E-state index contributed by atoms with van der Waals surface area (Å²) < 4.78 is 32.0. The monoisotopic (exact) mass is 339 g/mol. The smallest absolute Gasteiger partial charge is 0.214 e. The molecule has 1 aliphatic carbocycles. The minimum Gasteiger partial charge on any atom is -0.395 e. The highest BCUT2D eigenvalue weighted by Gasteiger charge is 2.39. The summed E-state index contributed by atoms with van der Waals surface area (Å²) in [6.07, 6.45) is 3.06. The van der Waals surface area contributed by atoms with Crippen molar-refractivity contribution in [3.63, 3.8) is 0 Å². The largest absolute Gasteiger partial charge is 0.395 e. The van der Waals surface area contributed by atoms with E-state index in [0.29, 0.717) is 25.3 Å². The van der Waals surface area contributed by atoms with E-state index in [4.69, 9.17) is 4.74 Å². The molecule has 1 saturated heterocycles. The molecule has 2 aliphatic rings. The third kappa shape index (κ3) is 3.60.